The van der Waals surface area contributed by atoms with Gasteiger partial charge in [-0.1, -0.05) is 117 Å². The fraction of sp³-hybridized carbons (Fsp3) is 0.771. The predicted octanol–water partition coefficient (Wildman–Crippen LogP) is 5.66. The van der Waals surface area contributed by atoms with E-state index in [9.17, 15) is 19.8 Å². The summed E-state index contributed by atoms with van der Waals surface area (Å²) in [4.78, 5) is 23.3. The molecule has 0 unspecified atom stereocenters. The number of imidazole rings is 2. The van der Waals surface area contributed by atoms with E-state index in [2.05, 4.69) is 54.3 Å². The smallest absolute Gasteiger partial charge is 0.253 e. The molecule has 0 saturated carbocycles. The number of aryl methyl sites for hydroxylation is 4. The van der Waals surface area contributed by atoms with E-state index in [4.69, 9.17) is 0 Å². The Balaban J connectivity index is 0. The third kappa shape index (κ3) is 32.1. The molecule has 8 nitrogen and oxygen atoms in total. The summed E-state index contributed by atoms with van der Waals surface area (Å²) in [5.74, 6) is -0.552. The Labute approximate surface area is 263 Å². The van der Waals surface area contributed by atoms with Crippen molar-refractivity contribution in [2.24, 2.45) is 14.1 Å². The predicted molar refractivity (Wildman–Crippen MR) is 172 cm³/mol. The van der Waals surface area contributed by atoms with Gasteiger partial charge in [-0.05, 0) is 32.6 Å². The molecule has 2 aromatic rings. The van der Waals surface area contributed by atoms with Crippen LogP contribution in [0.1, 0.15) is 156 Å². The molecule has 0 saturated heterocycles. The number of carbonyl (C=O) groups is 2. The number of rotatable bonds is 21. The Morgan fingerprint density at radius 1 is 0.674 bits per heavy atom. The van der Waals surface area contributed by atoms with Gasteiger partial charge in [0.25, 0.3) is 5.82 Å². The molecule has 0 atom stereocenters. The molecule has 0 amide bonds. The SMILES string of the molecule is CCCCCCCCCCC(=O)[O-].CCCCCCCCCCCC(=O)[O-].CCc1[nH]cc[n+]1C.CCn1cc[n+](C)c1. The highest BCUT2D eigenvalue weighted by atomic mass is 16.4. The topological polar surface area (TPSA) is 109 Å². The van der Waals surface area contributed by atoms with Gasteiger partial charge in [0.1, 0.15) is 24.8 Å². The van der Waals surface area contributed by atoms with Gasteiger partial charge >= 0.3 is 0 Å². The van der Waals surface area contributed by atoms with Crippen LogP contribution in [-0.2, 0) is 36.6 Å². The number of aromatic nitrogens is 4. The number of nitrogens with one attached hydrogen (secondary N) is 1. The van der Waals surface area contributed by atoms with E-state index in [0.717, 1.165) is 38.6 Å². The Hall–Kier alpha value is -2.64. The number of aliphatic carboxylic acids is 2. The van der Waals surface area contributed by atoms with Crippen LogP contribution >= 0.6 is 0 Å². The van der Waals surface area contributed by atoms with Gasteiger partial charge < -0.3 is 19.8 Å². The molecule has 0 aliphatic carbocycles. The van der Waals surface area contributed by atoms with Gasteiger partial charge in [-0.15, -0.1) is 0 Å². The van der Waals surface area contributed by atoms with Crippen LogP contribution in [0, 0.1) is 0 Å². The Morgan fingerprint density at radius 2 is 1.09 bits per heavy atom. The maximum atomic E-state index is 10.1. The summed E-state index contributed by atoms with van der Waals surface area (Å²) in [6, 6.07) is 0. The molecular formula is C35H66N4O4. The van der Waals surface area contributed by atoms with Gasteiger partial charge in [0.15, 0.2) is 0 Å². The van der Waals surface area contributed by atoms with E-state index in [1.165, 1.54) is 89.3 Å². The second kappa shape index (κ2) is 32.3. The third-order valence-corrected chi connectivity index (χ3v) is 7.22. The molecule has 0 aliphatic heterocycles. The largest absolute Gasteiger partial charge is 0.550 e. The molecule has 0 radical (unpaired) electrons. The van der Waals surface area contributed by atoms with E-state index >= 15 is 0 Å². The molecular weight excluding hydrogens is 540 g/mol. The van der Waals surface area contributed by atoms with Crippen molar-refractivity contribution in [2.75, 3.05) is 0 Å². The first-order chi connectivity index (χ1) is 20.7. The summed E-state index contributed by atoms with van der Waals surface area (Å²) >= 11 is 0. The van der Waals surface area contributed by atoms with E-state index in [0.29, 0.717) is 0 Å². The fourth-order valence-corrected chi connectivity index (χ4v) is 4.46. The van der Waals surface area contributed by atoms with Gasteiger partial charge in [-0.25, -0.2) is 18.7 Å². The van der Waals surface area contributed by atoms with Crippen molar-refractivity contribution in [3.8, 4) is 0 Å². The Morgan fingerprint density at radius 3 is 1.33 bits per heavy atom. The van der Waals surface area contributed by atoms with Crippen LogP contribution in [0.25, 0.3) is 0 Å². The van der Waals surface area contributed by atoms with Crippen LogP contribution < -0.4 is 19.3 Å². The quantitative estimate of drug-likeness (QED) is 0.146. The van der Waals surface area contributed by atoms with Crippen LogP contribution in [0.15, 0.2) is 31.1 Å². The molecule has 2 rings (SSSR count). The Bertz CT molecular complexity index is 879. The lowest BCUT2D eigenvalue weighted by molar-refractivity contribution is -0.677. The highest BCUT2D eigenvalue weighted by molar-refractivity contribution is 5.64. The molecule has 2 heterocycles. The highest BCUT2D eigenvalue weighted by Crippen LogP contribution is 2.10. The molecule has 0 bridgehead atoms. The first-order valence-electron chi connectivity index (χ1n) is 17.1. The zero-order chi connectivity index (χ0) is 32.6. The number of unbranched alkanes of at least 4 members (excludes halogenated alkanes) is 15. The maximum absolute atomic E-state index is 10.1. The first kappa shape index (κ1) is 42.5. The van der Waals surface area contributed by atoms with Crippen molar-refractivity contribution in [2.45, 2.75) is 163 Å². The van der Waals surface area contributed by atoms with Gasteiger partial charge in [-0.3, -0.25) is 0 Å². The Kier molecular flexibility index (Phi) is 31.9. The van der Waals surface area contributed by atoms with Crippen molar-refractivity contribution < 1.29 is 28.9 Å². The van der Waals surface area contributed by atoms with Gasteiger partial charge in [-0.2, -0.15) is 0 Å². The minimum atomic E-state index is -0.911. The summed E-state index contributed by atoms with van der Waals surface area (Å²) in [5, 5.41) is 20.2. The monoisotopic (exact) mass is 607 g/mol. The number of carbonyl (C=O) groups excluding carboxylic acids is 2. The summed E-state index contributed by atoms with van der Waals surface area (Å²) in [6.07, 6.45) is 32.1. The average molecular weight is 607 g/mol. The number of nitrogens with zero attached hydrogens (tertiary/aromatic N) is 3. The minimum absolute atomic E-state index is 0.231. The zero-order valence-corrected chi connectivity index (χ0v) is 28.7. The zero-order valence-electron chi connectivity index (χ0n) is 28.7. The molecule has 43 heavy (non-hydrogen) atoms. The summed E-state index contributed by atoms with van der Waals surface area (Å²) in [6.45, 7) is 9.74. The van der Waals surface area contributed by atoms with Crippen LogP contribution in [0.3, 0.4) is 0 Å². The molecule has 8 heteroatoms. The molecule has 0 spiro atoms. The highest BCUT2D eigenvalue weighted by Gasteiger charge is 1.99. The van der Waals surface area contributed by atoms with Crippen molar-refractivity contribution in [1.82, 2.24) is 9.55 Å². The van der Waals surface area contributed by atoms with E-state index in [1.54, 1.807) is 0 Å². The normalized spacial score (nSPS) is 10.1. The summed E-state index contributed by atoms with van der Waals surface area (Å²) in [5.41, 5.74) is 0. The second-order valence-electron chi connectivity index (χ2n) is 11.3. The lowest BCUT2D eigenvalue weighted by Gasteiger charge is -2.02. The number of hydrogen-bond acceptors (Lipinski definition) is 4. The van der Waals surface area contributed by atoms with Crippen LogP contribution in [0.5, 0.6) is 0 Å². The number of hydrogen-bond donors (Lipinski definition) is 1. The third-order valence-electron chi connectivity index (χ3n) is 7.22. The molecule has 1 N–H and O–H groups in total. The van der Waals surface area contributed by atoms with Crippen molar-refractivity contribution in [3.63, 3.8) is 0 Å². The average Bonchev–Trinajstić information content (AvgIpc) is 3.61. The molecule has 0 aliphatic rings. The maximum Gasteiger partial charge on any atom is 0.253 e. The van der Waals surface area contributed by atoms with Crippen molar-refractivity contribution in [1.29, 1.82) is 0 Å². The number of carboxylic acid groups (broad SMARTS) is 2. The van der Waals surface area contributed by atoms with E-state index < -0.39 is 11.9 Å². The van der Waals surface area contributed by atoms with E-state index in [1.807, 2.05) is 37.3 Å². The van der Waals surface area contributed by atoms with Gasteiger partial charge in [0.05, 0.1) is 20.6 Å². The first-order valence-corrected chi connectivity index (χ1v) is 17.1. The lowest BCUT2D eigenvalue weighted by Crippen LogP contribution is -2.29. The van der Waals surface area contributed by atoms with Crippen molar-refractivity contribution in [3.05, 3.63) is 36.9 Å². The van der Waals surface area contributed by atoms with Gasteiger partial charge in [0, 0.05) is 18.4 Å². The minimum Gasteiger partial charge on any atom is -0.550 e. The number of carboxylic acids is 2. The lowest BCUT2D eigenvalue weighted by atomic mass is 10.1. The van der Waals surface area contributed by atoms with Crippen LogP contribution in [0.2, 0.25) is 0 Å². The van der Waals surface area contributed by atoms with Gasteiger partial charge in [0.2, 0.25) is 6.33 Å². The summed E-state index contributed by atoms with van der Waals surface area (Å²) < 4.78 is 6.24. The number of aromatic amines is 1. The molecule has 0 aromatic carbocycles. The molecule has 2 aromatic heterocycles. The fourth-order valence-electron chi connectivity index (χ4n) is 4.46. The second-order valence-corrected chi connectivity index (χ2v) is 11.3. The standard InChI is InChI=1S/C12H24O2.C11H22O2.C6H11N2.C6H10N2/c1-2-3-4-5-6-7-8-9-10-11-12(13)14;1-2-3-4-5-6-7-8-9-10-11(12)13;1-3-8-5-4-7(2)6-8;1-3-6-7-4-5-8(6)2/h2-11H2,1H3,(H,13,14);2-10H2,1H3,(H,12,13);4-6H,3H2,1-2H3;4-5H,3H2,1-2H3/q;;+1;/p-1. The summed E-state index contributed by atoms with van der Waals surface area (Å²) in [7, 11) is 4.06. The van der Waals surface area contributed by atoms with Crippen LogP contribution in [0.4, 0.5) is 0 Å². The molecule has 250 valence electrons. The van der Waals surface area contributed by atoms with Crippen molar-refractivity contribution >= 4 is 11.9 Å². The number of H-pyrrole nitrogens is 1. The van der Waals surface area contributed by atoms with E-state index in [-0.39, 0.29) is 12.8 Å². The van der Waals surface area contributed by atoms with Crippen LogP contribution in [-0.4, -0.2) is 21.5 Å². The molecule has 0 fully saturated rings.